The summed E-state index contributed by atoms with van der Waals surface area (Å²) in [4.78, 5) is 33.9. The molecule has 0 saturated carbocycles. The van der Waals surface area contributed by atoms with Gasteiger partial charge in [0.2, 0.25) is 0 Å². The number of aromatic nitrogens is 2. The first-order valence-electron chi connectivity index (χ1n) is 12.5. The number of likely N-dealkylation sites (tertiary alicyclic amines) is 1. The number of ether oxygens (including phenoxy) is 1. The van der Waals surface area contributed by atoms with Gasteiger partial charge >= 0.3 is 6.09 Å². The third-order valence-electron chi connectivity index (χ3n) is 6.59. The second-order valence-electron chi connectivity index (χ2n) is 10.6. The van der Waals surface area contributed by atoms with Crippen molar-refractivity contribution in [3.8, 4) is 5.69 Å². The maximum absolute atomic E-state index is 14.4. The number of nitrogens with zero attached hydrogens (tertiary/aromatic N) is 4. The summed E-state index contributed by atoms with van der Waals surface area (Å²) in [5, 5.41) is 1.000. The fraction of sp³-hybridized carbons (Fsp3) is 0.464. The molecule has 0 aliphatic carbocycles. The molecule has 1 saturated heterocycles. The second kappa shape index (κ2) is 9.91. The van der Waals surface area contributed by atoms with Gasteiger partial charge in [-0.3, -0.25) is 9.78 Å². The number of rotatable bonds is 5. The topological polar surface area (TPSA) is 67.7 Å². The molecule has 36 heavy (non-hydrogen) atoms. The monoisotopic (exact) mass is 494 g/mol. The first-order valence-corrected chi connectivity index (χ1v) is 12.5. The Hall–Kier alpha value is -3.42. The second-order valence-corrected chi connectivity index (χ2v) is 10.6. The van der Waals surface area contributed by atoms with E-state index >= 15 is 0 Å². The maximum Gasteiger partial charge on any atom is 0.410 e. The number of carbonyl (C=O) groups excluding carboxylic acids is 2. The number of amides is 2. The molecule has 1 aliphatic heterocycles. The SMILES string of the molecule is CCN(C(=O)c1cc(F)ccc1-n1cc(C2CCN(C(=O)OC(C)(C)C)C2)c2ccncc21)C(C)C. The number of benzene rings is 1. The first kappa shape index (κ1) is 25.7. The third kappa shape index (κ3) is 5.08. The Morgan fingerprint density at radius 2 is 2.00 bits per heavy atom. The smallest absolute Gasteiger partial charge is 0.410 e. The number of hydrogen-bond donors (Lipinski definition) is 0. The fourth-order valence-corrected chi connectivity index (χ4v) is 4.92. The average molecular weight is 495 g/mol. The lowest BCUT2D eigenvalue weighted by atomic mass is 9.98. The van der Waals surface area contributed by atoms with Crippen LogP contribution in [0.15, 0.2) is 42.9 Å². The minimum atomic E-state index is -0.551. The van der Waals surface area contributed by atoms with E-state index in [2.05, 4.69) is 4.98 Å². The summed E-state index contributed by atoms with van der Waals surface area (Å²) in [6.45, 7) is 13.1. The molecule has 192 valence electrons. The fourth-order valence-electron chi connectivity index (χ4n) is 4.92. The number of halogens is 1. The van der Waals surface area contributed by atoms with E-state index in [9.17, 15) is 14.0 Å². The lowest BCUT2D eigenvalue weighted by Crippen LogP contribution is -2.37. The van der Waals surface area contributed by atoms with E-state index in [0.29, 0.717) is 30.9 Å². The van der Waals surface area contributed by atoms with Crippen molar-refractivity contribution in [2.45, 2.75) is 65.5 Å². The van der Waals surface area contributed by atoms with Crippen LogP contribution in [0.25, 0.3) is 16.6 Å². The van der Waals surface area contributed by atoms with Crippen LogP contribution >= 0.6 is 0 Å². The average Bonchev–Trinajstić information content (AvgIpc) is 3.43. The van der Waals surface area contributed by atoms with E-state index in [1.54, 1.807) is 28.3 Å². The highest BCUT2D eigenvalue weighted by Gasteiger charge is 2.32. The van der Waals surface area contributed by atoms with Crippen molar-refractivity contribution in [1.29, 1.82) is 0 Å². The Morgan fingerprint density at radius 1 is 1.25 bits per heavy atom. The van der Waals surface area contributed by atoms with Crippen molar-refractivity contribution in [3.05, 3.63) is 59.8 Å². The largest absolute Gasteiger partial charge is 0.444 e. The van der Waals surface area contributed by atoms with Crippen LogP contribution in [-0.4, -0.2) is 62.6 Å². The third-order valence-corrected chi connectivity index (χ3v) is 6.59. The Morgan fingerprint density at radius 3 is 2.67 bits per heavy atom. The summed E-state index contributed by atoms with van der Waals surface area (Å²) in [6, 6.07) is 6.27. The predicted molar refractivity (Wildman–Crippen MR) is 138 cm³/mol. The van der Waals surface area contributed by atoms with E-state index < -0.39 is 11.4 Å². The van der Waals surface area contributed by atoms with Crippen LogP contribution in [0.2, 0.25) is 0 Å². The zero-order valence-electron chi connectivity index (χ0n) is 21.9. The van der Waals surface area contributed by atoms with Crippen LogP contribution < -0.4 is 0 Å². The van der Waals surface area contributed by atoms with Gasteiger partial charge in [-0.15, -0.1) is 0 Å². The van der Waals surface area contributed by atoms with Crippen molar-refractivity contribution in [3.63, 3.8) is 0 Å². The molecule has 0 radical (unpaired) electrons. The Kier molecular flexibility index (Phi) is 7.07. The van der Waals surface area contributed by atoms with Crippen LogP contribution in [0.3, 0.4) is 0 Å². The van der Waals surface area contributed by atoms with Gasteiger partial charge in [-0.25, -0.2) is 9.18 Å². The van der Waals surface area contributed by atoms with Gasteiger partial charge in [0.25, 0.3) is 5.91 Å². The van der Waals surface area contributed by atoms with E-state index in [-0.39, 0.29) is 24.0 Å². The molecule has 0 spiro atoms. The maximum atomic E-state index is 14.4. The predicted octanol–water partition coefficient (Wildman–Crippen LogP) is 5.76. The Balaban J connectivity index is 1.75. The van der Waals surface area contributed by atoms with Gasteiger partial charge in [0.05, 0.1) is 23.0 Å². The number of fused-ring (bicyclic) bond motifs is 1. The van der Waals surface area contributed by atoms with E-state index in [0.717, 1.165) is 22.9 Å². The van der Waals surface area contributed by atoms with Crippen molar-refractivity contribution in [1.82, 2.24) is 19.4 Å². The molecule has 0 N–H and O–H groups in total. The summed E-state index contributed by atoms with van der Waals surface area (Å²) in [5.41, 5.74) is 2.25. The quantitative estimate of drug-likeness (QED) is 0.452. The Bertz CT molecular complexity index is 1280. The van der Waals surface area contributed by atoms with E-state index in [1.165, 1.54) is 12.1 Å². The highest BCUT2D eigenvalue weighted by atomic mass is 19.1. The van der Waals surface area contributed by atoms with Crippen molar-refractivity contribution >= 4 is 22.9 Å². The number of carbonyl (C=O) groups is 2. The first-order chi connectivity index (χ1) is 17.0. The van der Waals surface area contributed by atoms with Gasteiger partial charge in [0, 0.05) is 49.4 Å². The molecule has 7 nitrogen and oxygen atoms in total. The molecule has 1 aliphatic rings. The normalized spacial score (nSPS) is 16.1. The zero-order valence-corrected chi connectivity index (χ0v) is 21.9. The molecule has 3 heterocycles. The summed E-state index contributed by atoms with van der Waals surface area (Å²) >= 11 is 0. The van der Waals surface area contributed by atoms with Crippen LogP contribution in [-0.2, 0) is 4.74 Å². The van der Waals surface area contributed by atoms with Gasteiger partial charge in [0.1, 0.15) is 11.4 Å². The summed E-state index contributed by atoms with van der Waals surface area (Å²) in [5.74, 6) is -0.571. The lowest BCUT2D eigenvalue weighted by Gasteiger charge is -2.26. The van der Waals surface area contributed by atoms with Crippen molar-refractivity contribution < 1.29 is 18.7 Å². The molecular formula is C28H35FN4O3. The molecule has 1 unspecified atom stereocenters. The Labute approximate surface area is 211 Å². The van der Waals surface area contributed by atoms with Gasteiger partial charge in [-0.2, -0.15) is 0 Å². The summed E-state index contributed by atoms with van der Waals surface area (Å²) in [6.07, 6.45) is 6.00. The minimum absolute atomic E-state index is 0.0189. The molecule has 1 fully saturated rings. The molecular weight excluding hydrogens is 459 g/mol. The molecule has 0 bridgehead atoms. The number of hydrogen-bond acceptors (Lipinski definition) is 4. The van der Waals surface area contributed by atoms with E-state index in [4.69, 9.17) is 4.74 Å². The molecule has 1 aromatic carbocycles. The van der Waals surface area contributed by atoms with Gasteiger partial charge in [-0.05, 0) is 77.8 Å². The lowest BCUT2D eigenvalue weighted by molar-refractivity contribution is 0.0292. The zero-order chi connectivity index (χ0) is 26.2. The highest BCUT2D eigenvalue weighted by molar-refractivity contribution is 5.99. The summed E-state index contributed by atoms with van der Waals surface area (Å²) < 4.78 is 21.8. The molecule has 3 aromatic rings. The minimum Gasteiger partial charge on any atom is -0.444 e. The molecule has 1 atom stereocenters. The van der Waals surface area contributed by atoms with Crippen LogP contribution in [0, 0.1) is 5.82 Å². The molecule has 2 amide bonds. The molecule has 8 heteroatoms. The van der Waals surface area contributed by atoms with E-state index in [1.807, 2.05) is 58.4 Å². The summed E-state index contributed by atoms with van der Waals surface area (Å²) in [7, 11) is 0. The van der Waals surface area contributed by atoms with Crippen LogP contribution in [0.5, 0.6) is 0 Å². The molecule has 4 rings (SSSR count). The van der Waals surface area contributed by atoms with Gasteiger partial charge in [-0.1, -0.05) is 0 Å². The van der Waals surface area contributed by atoms with Crippen LogP contribution in [0.4, 0.5) is 9.18 Å². The van der Waals surface area contributed by atoms with Crippen LogP contribution in [0.1, 0.15) is 69.8 Å². The highest BCUT2D eigenvalue weighted by Crippen LogP contribution is 2.36. The standard InChI is InChI=1S/C28H35FN4O3/c1-7-32(18(2)3)26(34)22-14-20(29)8-9-24(22)33-17-23(21-10-12-30-15-25(21)33)19-11-13-31(16-19)27(35)36-28(4,5)6/h8-10,12,14-15,17-19H,7,11,13,16H2,1-6H3. The van der Waals surface area contributed by atoms with Gasteiger partial charge < -0.3 is 19.1 Å². The van der Waals surface area contributed by atoms with Crippen molar-refractivity contribution in [2.24, 2.45) is 0 Å². The van der Waals surface area contributed by atoms with Crippen molar-refractivity contribution in [2.75, 3.05) is 19.6 Å². The van der Waals surface area contributed by atoms with Gasteiger partial charge in [0.15, 0.2) is 0 Å². The number of pyridine rings is 1. The molecule has 2 aromatic heterocycles.